The molecule has 1 atom stereocenters. The summed E-state index contributed by atoms with van der Waals surface area (Å²) in [4.78, 5) is 23.5. The largest absolute Gasteiger partial charge is 0.497 e. The second-order valence-electron chi connectivity index (χ2n) is 6.87. The fourth-order valence-corrected chi connectivity index (χ4v) is 3.56. The van der Waals surface area contributed by atoms with Crippen LogP contribution in [0.15, 0.2) is 60.8 Å². The van der Waals surface area contributed by atoms with Gasteiger partial charge in [0, 0.05) is 29.9 Å². The molecule has 1 unspecified atom stereocenters. The van der Waals surface area contributed by atoms with Crippen LogP contribution in [0, 0.1) is 0 Å². The third-order valence-corrected chi connectivity index (χ3v) is 5.13. The molecule has 148 valence electrons. The van der Waals surface area contributed by atoms with Crippen LogP contribution in [0.25, 0.3) is 11.4 Å². The molecule has 1 saturated heterocycles. The molecule has 1 aliphatic heterocycles. The second kappa shape index (κ2) is 8.49. The Kier molecular flexibility index (Phi) is 5.62. The third-order valence-electron chi connectivity index (χ3n) is 4.89. The number of anilines is 1. The van der Waals surface area contributed by atoms with Crippen molar-refractivity contribution >= 4 is 23.3 Å². The smallest absolute Gasteiger partial charge is 0.245 e. The maximum absolute atomic E-state index is 12.8. The van der Waals surface area contributed by atoms with Gasteiger partial charge in [-0.05, 0) is 42.3 Å². The number of carbonyl (C=O) groups is 1. The highest BCUT2D eigenvalue weighted by atomic mass is 35.5. The van der Waals surface area contributed by atoms with Gasteiger partial charge >= 0.3 is 0 Å². The van der Waals surface area contributed by atoms with Crippen molar-refractivity contribution in [3.05, 3.63) is 71.4 Å². The number of hydrogen-bond donors (Lipinski definition) is 1. The monoisotopic (exact) mass is 408 g/mol. The highest BCUT2D eigenvalue weighted by Crippen LogP contribution is 2.23. The zero-order valence-corrected chi connectivity index (χ0v) is 16.8. The van der Waals surface area contributed by atoms with E-state index < -0.39 is 0 Å². The number of methoxy groups -OCH3 is 1. The van der Waals surface area contributed by atoms with Crippen molar-refractivity contribution in [2.75, 3.05) is 19.0 Å². The maximum atomic E-state index is 12.8. The van der Waals surface area contributed by atoms with Gasteiger partial charge in [-0.15, -0.1) is 0 Å². The molecule has 3 aromatic rings. The van der Waals surface area contributed by atoms with Gasteiger partial charge < -0.3 is 15.0 Å². The van der Waals surface area contributed by atoms with Crippen molar-refractivity contribution in [1.82, 2.24) is 14.9 Å². The van der Waals surface area contributed by atoms with Gasteiger partial charge in [0.25, 0.3) is 0 Å². The Bertz CT molecular complexity index is 1010. The lowest BCUT2D eigenvalue weighted by Crippen LogP contribution is -2.33. The van der Waals surface area contributed by atoms with Crippen LogP contribution in [0.5, 0.6) is 5.75 Å². The molecule has 0 radical (unpaired) electrons. The number of carbonyl (C=O) groups excluding carboxylic acids is 1. The van der Waals surface area contributed by atoms with Gasteiger partial charge in [-0.3, -0.25) is 4.79 Å². The first kappa shape index (κ1) is 19.2. The van der Waals surface area contributed by atoms with Crippen LogP contribution in [-0.4, -0.2) is 40.5 Å². The van der Waals surface area contributed by atoms with Crippen molar-refractivity contribution in [1.29, 1.82) is 0 Å². The minimum atomic E-state index is -0.296. The Labute approximate surface area is 174 Å². The van der Waals surface area contributed by atoms with E-state index >= 15 is 0 Å². The molecule has 0 aliphatic carbocycles. The first-order chi connectivity index (χ1) is 14.1. The van der Waals surface area contributed by atoms with E-state index in [0.717, 1.165) is 23.3 Å². The van der Waals surface area contributed by atoms with E-state index in [2.05, 4.69) is 15.3 Å². The van der Waals surface area contributed by atoms with Crippen LogP contribution < -0.4 is 10.1 Å². The van der Waals surface area contributed by atoms with Crippen molar-refractivity contribution in [2.45, 2.75) is 19.0 Å². The summed E-state index contributed by atoms with van der Waals surface area (Å²) in [5, 5.41) is 3.88. The minimum absolute atomic E-state index is 0.0729. The fraction of sp³-hybridized carbons (Fsp3) is 0.227. The number of ether oxygens (including phenoxy) is 1. The number of aromatic nitrogens is 2. The molecule has 1 aliphatic rings. The molecule has 0 saturated carbocycles. The summed E-state index contributed by atoms with van der Waals surface area (Å²) in [6, 6.07) is 16.6. The molecule has 4 rings (SSSR count). The summed E-state index contributed by atoms with van der Waals surface area (Å²) in [6.45, 7) is 1.29. The SMILES string of the molecule is COc1ccc(CN2CCC(Nc3ccnc(-c4cccc(Cl)c4)n3)C2=O)cc1. The average Bonchev–Trinajstić information content (AvgIpc) is 3.08. The van der Waals surface area contributed by atoms with Gasteiger partial charge in [-0.1, -0.05) is 35.9 Å². The predicted octanol–water partition coefficient (Wildman–Crippen LogP) is 4.02. The molecule has 1 amide bonds. The van der Waals surface area contributed by atoms with Crippen molar-refractivity contribution in [2.24, 2.45) is 0 Å². The lowest BCUT2D eigenvalue weighted by Gasteiger charge is -2.18. The quantitative estimate of drug-likeness (QED) is 0.667. The highest BCUT2D eigenvalue weighted by molar-refractivity contribution is 6.30. The number of nitrogens with one attached hydrogen (secondary N) is 1. The van der Waals surface area contributed by atoms with E-state index in [0.29, 0.717) is 29.8 Å². The van der Waals surface area contributed by atoms with Crippen molar-refractivity contribution in [3.63, 3.8) is 0 Å². The summed E-state index contributed by atoms with van der Waals surface area (Å²) < 4.78 is 5.18. The highest BCUT2D eigenvalue weighted by Gasteiger charge is 2.31. The van der Waals surface area contributed by atoms with Crippen LogP contribution >= 0.6 is 11.6 Å². The first-order valence-corrected chi connectivity index (χ1v) is 9.77. The summed E-state index contributed by atoms with van der Waals surface area (Å²) in [7, 11) is 1.64. The number of likely N-dealkylation sites (tertiary alicyclic amines) is 1. The number of benzene rings is 2. The molecule has 2 aromatic carbocycles. The minimum Gasteiger partial charge on any atom is -0.497 e. The van der Waals surface area contributed by atoms with Gasteiger partial charge in [0.05, 0.1) is 7.11 Å². The average molecular weight is 409 g/mol. The van der Waals surface area contributed by atoms with Crippen LogP contribution in [0.3, 0.4) is 0 Å². The van der Waals surface area contributed by atoms with Crippen molar-refractivity contribution < 1.29 is 9.53 Å². The first-order valence-electron chi connectivity index (χ1n) is 9.39. The van der Waals surface area contributed by atoms with E-state index in [9.17, 15) is 4.79 Å². The fourth-order valence-electron chi connectivity index (χ4n) is 3.37. The van der Waals surface area contributed by atoms with Crippen LogP contribution in [0.4, 0.5) is 5.82 Å². The maximum Gasteiger partial charge on any atom is 0.245 e. The zero-order valence-electron chi connectivity index (χ0n) is 16.0. The Morgan fingerprint density at radius 2 is 2.03 bits per heavy atom. The molecule has 7 heteroatoms. The van der Waals surface area contributed by atoms with E-state index in [1.807, 2.05) is 53.4 Å². The van der Waals surface area contributed by atoms with Gasteiger partial charge in [0.2, 0.25) is 5.91 Å². The summed E-state index contributed by atoms with van der Waals surface area (Å²) in [6.07, 6.45) is 2.41. The number of nitrogens with zero attached hydrogens (tertiary/aromatic N) is 3. The molecule has 1 aromatic heterocycles. The van der Waals surface area contributed by atoms with Gasteiger partial charge in [-0.2, -0.15) is 0 Å². The lowest BCUT2D eigenvalue weighted by atomic mass is 10.2. The Morgan fingerprint density at radius 1 is 1.21 bits per heavy atom. The van der Waals surface area contributed by atoms with Gasteiger partial charge in [0.15, 0.2) is 5.82 Å². The Balaban J connectivity index is 1.42. The normalized spacial score (nSPS) is 16.1. The topological polar surface area (TPSA) is 67.3 Å². The summed E-state index contributed by atoms with van der Waals surface area (Å²) in [5.41, 5.74) is 1.91. The molecule has 6 nitrogen and oxygen atoms in total. The number of amides is 1. The Hall–Kier alpha value is -3.12. The van der Waals surface area contributed by atoms with Gasteiger partial charge in [-0.25, -0.2) is 9.97 Å². The number of halogens is 1. The predicted molar refractivity (Wildman–Crippen MR) is 113 cm³/mol. The second-order valence-corrected chi connectivity index (χ2v) is 7.31. The number of rotatable bonds is 6. The van der Waals surface area contributed by atoms with E-state index in [4.69, 9.17) is 16.3 Å². The molecule has 0 bridgehead atoms. The lowest BCUT2D eigenvalue weighted by molar-refractivity contribution is -0.128. The third kappa shape index (κ3) is 4.49. The van der Waals surface area contributed by atoms with Crippen LogP contribution in [-0.2, 0) is 11.3 Å². The summed E-state index contributed by atoms with van der Waals surface area (Å²) in [5.74, 6) is 2.07. The Morgan fingerprint density at radius 3 is 2.79 bits per heavy atom. The zero-order chi connectivity index (χ0) is 20.2. The molecule has 2 heterocycles. The summed E-state index contributed by atoms with van der Waals surface area (Å²) >= 11 is 6.06. The van der Waals surface area contributed by atoms with Gasteiger partial charge in [0.1, 0.15) is 17.6 Å². The number of hydrogen-bond acceptors (Lipinski definition) is 5. The molecular weight excluding hydrogens is 388 g/mol. The molecular formula is C22H21ClN4O2. The standard InChI is InChI=1S/C22H21ClN4O2/c1-29-18-7-5-15(6-8-18)14-27-12-10-19(22(27)28)25-20-9-11-24-21(26-20)16-3-2-4-17(23)13-16/h2-9,11,13,19H,10,12,14H2,1H3,(H,24,25,26). The molecule has 1 fully saturated rings. The van der Waals surface area contributed by atoms with Crippen molar-refractivity contribution in [3.8, 4) is 17.1 Å². The van der Waals surface area contributed by atoms with E-state index in [-0.39, 0.29) is 11.9 Å². The van der Waals surface area contributed by atoms with Crippen LogP contribution in [0.1, 0.15) is 12.0 Å². The van der Waals surface area contributed by atoms with Crippen LogP contribution in [0.2, 0.25) is 5.02 Å². The molecule has 0 spiro atoms. The molecule has 1 N–H and O–H groups in total. The van der Waals surface area contributed by atoms with E-state index in [1.165, 1.54) is 0 Å². The van der Waals surface area contributed by atoms with E-state index in [1.54, 1.807) is 19.4 Å². The molecule has 29 heavy (non-hydrogen) atoms.